The quantitative estimate of drug-likeness (QED) is 0.527. The predicted molar refractivity (Wildman–Crippen MR) is 41.3 cm³/mol. The van der Waals surface area contributed by atoms with Crippen LogP contribution in [0.25, 0.3) is 0 Å². The average molecular weight is 140 g/mol. The van der Waals surface area contributed by atoms with Crippen LogP contribution in [0.4, 0.5) is 0 Å². The first-order valence-corrected chi connectivity index (χ1v) is 3.77. The summed E-state index contributed by atoms with van der Waals surface area (Å²) < 4.78 is 0. The normalized spacial score (nSPS) is 25.9. The Labute approximate surface area is 61.7 Å². The van der Waals surface area contributed by atoms with Crippen molar-refractivity contribution in [3.63, 3.8) is 0 Å². The second-order valence-electron chi connectivity index (χ2n) is 2.98. The van der Waals surface area contributed by atoms with Crippen molar-refractivity contribution in [2.75, 3.05) is 0 Å². The maximum absolute atomic E-state index is 8.78. The fourth-order valence-electron chi connectivity index (χ4n) is 1.38. The van der Waals surface area contributed by atoms with Gasteiger partial charge in [-0.25, -0.2) is 0 Å². The van der Waals surface area contributed by atoms with E-state index in [9.17, 15) is 0 Å². The van der Waals surface area contributed by atoms with Crippen molar-refractivity contribution in [2.24, 2.45) is 5.92 Å². The van der Waals surface area contributed by atoms with E-state index in [0.717, 1.165) is 18.3 Å². The zero-order valence-electron chi connectivity index (χ0n) is 6.25. The molecule has 1 aliphatic carbocycles. The minimum atomic E-state index is -1.22. The van der Waals surface area contributed by atoms with Crippen LogP contribution in [0.1, 0.15) is 26.2 Å². The van der Waals surface area contributed by atoms with E-state index < -0.39 is 7.12 Å². The molecule has 0 aromatic heterocycles. The number of hydrogen-bond acceptors (Lipinski definition) is 2. The molecule has 0 spiro atoms. The zero-order chi connectivity index (χ0) is 7.56. The van der Waals surface area contributed by atoms with Crippen molar-refractivity contribution in [2.45, 2.75) is 26.2 Å². The minimum Gasteiger partial charge on any atom is -0.423 e. The number of hydrogen-bond donors (Lipinski definition) is 2. The molecule has 0 fully saturated rings. The Morgan fingerprint density at radius 1 is 1.60 bits per heavy atom. The molecule has 0 radical (unpaired) electrons. The van der Waals surface area contributed by atoms with Crippen LogP contribution >= 0.6 is 0 Å². The first kappa shape index (κ1) is 7.83. The van der Waals surface area contributed by atoms with E-state index in [4.69, 9.17) is 10.0 Å². The minimum absolute atomic E-state index is 0.519. The summed E-state index contributed by atoms with van der Waals surface area (Å²) >= 11 is 0. The number of allylic oxidation sites excluding steroid dienone is 2. The van der Waals surface area contributed by atoms with E-state index in [1.54, 1.807) is 0 Å². The van der Waals surface area contributed by atoms with Gasteiger partial charge < -0.3 is 10.0 Å². The highest BCUT2D eigenvalue weighted by atomic mass is 16.4. The molecule has 0 saturated carbocycles. The Balaban J connectivity index is 2.57. The third-order valence-electron chi connectivity index (χ3n) is 1.96. The Hall–Kier alpha value is -0.275. The van der Waals surface area contributed by atoms with Crippen LogP contribution in [-0.4, -0.2) is 17.2 Å². The predicted octanol–water partition coefficient (Wildman–Crippen LogP) is 0.745. The van der Waals surface area contributed by atoms with Gasteiger partial charge in [0.25, 0.3) is 0 Å². The van der Waals surface area contributed by atoms with Gasteiger partial charge in [0.2, 0.25) is 0 Å². The van der Waals surface area contributed by atoms with Crippen molar-refractivity contribution >= 4 is 7.12 Å². The highest BCUT2D eigenvalue weighted by Gasteiger charge is 2.18. The lowest BCUT2D eigenvalue weighted by atomic mass is 9.72. The van der Waals surface area contributed by atoms with Crippen LogP contribution in [0.5, 0.6) is 0 Å². The fraction of sp³-hybridized carbons (Fsp3) is 0.714. The van der Waals surface area contributed by atoms with Crippen LogP contribution in [0.15, 0.2) is 11.5 Å². The molecule has 1 atom stereocenters. The largest absolute Gasteiger partial charge is 0.483 e. The fourth-order valence-corrected chi connectivity index (χ4v) is 1.38. The number of rotatable bonds is 1. The molecule has 10 heavy (non-hydrogen) atoms. The Kier molecular flexibility index (Phi) is 2.52. The molecule has 0 unspecified atom stereocenters. The van der Waals surface area contributed by atoms with E-state index in [0.29, 0.717) is 5.92 Å². The SMILES string of the molecule is C[C@H]1C=C(B(O)O)CCC1. The van der Waals surface area contributed by atoms with Crippen LogP contribution < -0.4 is 0 Å². The zero-order valence-corrected chi connectivity index (χ0v) is 6.25. The smallest absolute Gasteiger partial charge is 0.423 e. The summed E-state index contributed by atoms with van der Waals surface area (Å²) in [5, 5.41) is 17.6. The van der Waals surface area contributed by atoms with E-state index in [1.165, 1.54) is 6.42 Å². The lowest BCUT2D eigenvalue weighted by molar-refractivity contribution is 0.410. The van der Waals surface area contributed by atoms with Gasteiger partial charge in [-0.2, -0.15) is 0 Å². The first-order valence-electron chi connectivity index (χ1n) is 3.77. The molecule has 1 aliphatic rings. The molecule has 3 heteroatoms. The van der Waals surface area contributed by atoms with Gasteiger partial charge in [-0.1, -0.05) is 13.0 Å². The van der Waals surface area contributed by atoms with Gasteiger partial charge in [0.05, 0.1) is 0 Å². The molecule has 2 nitrogen and oxygen atoms in total. The second kappa shape index (κ2) is 3.22. The second-order valence-corrected chi connectivity index (χ2v) is 2.98. The maximum Gasteiger partial charge on any atom is 0.483 e. The van der Waals surface area contributed by atoms with Crippen LogP contribution in [0, 0.1) is 5.92 Å². The lowest BCUT2D eigenvalue weighted by Gasteiger charge is -2.16. The molecule has 0 bridgehead atoms. The van der Waals surface area contributed by atoms with Gasteiger partial charge in [0.1, 0.15) is 0 Å². The monoisotopic (exact) mass is 140 g/mol. The molecule has 1 rings (SSSR count). The molecular formula is C7H13BO2. The van der Waals surface area contributed by atoms with Gasteiger partial charge >= 0.3 is 7.12 Å². The van der Waals surface area contributed by atoms with E-state index in [1.807, 2.05) is 6.08 Å². The third kappa shape index (κ3) is 1.85. The molecule has 2 N–H and O–H groups in total. The Bertz CT molecular complexity index is 143. The molecule has 56 valence electrons. The van der Waals surface area contributed by atoms with Crippen molar-refractivity contribution in [3.05, 3.63) is 11.5 Å². The van der Waals surface area contributed by atoms with Gasteiger partial charge in [0.15, 0.2) is 0 Å². The molecule has 0 amide bonds. The summed E-state index contributed by atoms with van der Waals surface area (Å²) in [7, 11) is -1.22. The summed E-state index contributed by atoms with van der Waals surface area (Å²) in [6.45, 7) is 2.10. The van der Waals surface area contributed by atoms with Gasteiger partial charge in [-0.05, 0) is 30.7 Å². The summed E-state index contributed by atoms with van der Waals surface area (Å²) in [6, 6.07) is 0. The molecule has 0 aromatic rings. The van der Waals surface area contributed by atoms with E-state index >= 15 is 0 Å². The Morgan fingerprint density at radius 3 is 2.70 bits per heavy atom. The highest BCUT2D eigenvalue weighted by Crippen LogP contribution is 2.22. The topological polar surface area (TPSA) is 40.5 Å². The summed E-state index contributed by atoms with van der Waals surface area (Å²) in [5.74, 6) is 0.519. The Morgan fingerprint density at radius 2 is 2.30 bits per heavy atom. The van der Waals surface area contributed by atoms with E-state index in [-0.39, 0.29) is 0 Å². The van der Waals surface area contributed by atoms with Crippen LogP contribution in [0.2, 0.25) is 0 Å². The third-order valence-corrected chi connectivity index (χ3v) is 1.96. The summed E-state index contributed by atoms with van der Waals surface area (Å²) in [5.41, 5.74) is 0.791. The van der Waals surface area contributed by atoms with Crippen molar-refractivity contribution < 1.29 is 10.0 Å². The van der Waals surface area contributed by atoms with Crippen molar-refractivity contribution in [1.29, 1.82) is 0 Å². The molecule has 0 aromatic carbocycles. The standard InChI is InChI=1S/C7H13BO2/c1-6-3-2-4-7(5-6)8(9)10/h5-6,9-10H,2-4H2,1H3/t6-/m1/s1. The first-order chi connectivity index (χ1) is 4.70. The summed E-state index contributed by atoms with van der Waals surface area (Å²) in [4.78, 5) is 0. The summed E-state index contributed by atoms with van der Waals surface area (Å²) in [6.07, 6.45) is 5.08. The van der Waals surface area contributed by atoms with Crippen LogP contribution in [-0.2, 0) is 0 Å². The highest BCUT2D eigenvalue weighted by molar-refractivity contribution is 6.50. The molecular weight excluding hydrogens is 127 g/mol. The van der Waals surface area contributed by atoms with Crippen LogP contribution in [0.3, 0.4) is 0 Å². The van der Waals surface area contributed by atoms with E-state index in [2.05, 4.69) is 6.92 Å². The molecule has 0 heterocycles. The molecule has 0 aliphatic heterocycles. The van der Waals surface area contributed by atoms with Crippen molar-refractivity contribution in [3.8, 4) is 0 Å². The maximum atomic E-state index is 8.78. The lowest BCUT2D eigenvalue weighted by Crippen LogP contribution is -2.18. The van der Waals surface area contributed by atoms with Gasteiger partial charge in [-0.3, -0.25) is 0 Å². The van der Waals surface area contributed by atoms with Gasteiger partial charge in [0, 0.05) is 0 Å². The van der Waals surface area contributed by atoms with Gasteiger partial charge in [-0.15, -0.1) is 0 Å². The molecule has 0 saturated heterocycles. The average Bonchev–Trinajstić information content (AvgIpc) is 1.88. The van der Waals surface area contributed by atoms with Crippen molar-refractivity contribution in [1.82, 2.24) is 0 Å².